The monoisotopic (exact) mass is 513 g/mol. The second-order valence-electron chi connectivity index (χ2n) is 7.03. The molecule has 0 aromatic carbocycles. The standard InChI is InChI=1S/C17H19N7O6S3/c1-5(2-20-13(27)11(18)25)6-3-32-15-9(14(28)24(15)10(6)16(29)31)22-12(26)8(23-30)7-4-33-17(19)21-7/h4-5,9,15,30H,2-3H2,1H3,(H2,18,25)(H2,19,21)(H,20,27)(H,22,26)(H,29,31)/b23-8-/t5?,9?,15-/m1/s1. The maximum Gasteiger partial charge on any atom is 0.309 e. The van der Waals surface area contributed by atoms with Crippen LogP contribution in [0.25, 0.3) is 0 Å². The molecule has 0 aliphatic carbocycles. The van der Waals surface area contributed by atoms with Gasteiger partial charge in [-0.15, -0.1) is 23.1 Å². The number of nitrogens with two attached hydrogens (primary N) is 2. The summed E-state index contributed by atoms with van der Waals surface area (Å²) in [5, 5.41) is 17.4. The van der Waals surface area contributed by atoms with Crippen LogP contribution in [0.1, 0.15) is 12.6 Å². The first kappa shape index (κ1) is 24.5. The topological polar surface area (TPSA) is 210 Å². The van der Waals surface area contributed by atoms with Crippen molar-refractivity contribution < 1.29 is 29.2 Å². The molecule has 0 bridgehead atoms. The van der Waals surface area contributed by atoms with E-state index in [1.54, 1.807) is 6.92 Å². The summed E-state index contributed by atoms with van der Waals surface area (Å²) < 4.78 is 0. The van der Waals surface area contributed by atoms with E-state index in [-0.39, 0.29) is 23.1 Å². The molecular formula is C17H19N7O6S3. The molecule has 33 heavy (non-hydrogen) atoms. The van der Waals surface area contributed by atoms with Gasteiger partial charge in [-0.05, 0) is 11.5 Å². The third-order valence-electron chi connectivity index (χ3n) is 4.95. The molecule has 7 N–H and O–H groups in total. The smallest absolute Gasteiger partial charge is 0.309 e. The summed E-state index contributed by atoms with van der Waals surface area (Å²) in [6.45, 7) is 1.73. The normalized spacial score (nSPS) is 21.1. The number of β-lactam (4-membered cyclic amide) rings is 1. The lowest BCUT2D eigenvalue weighted by Gasteiger charge is -2.50. The highest BCUT2D eigenvalue weighted by atomic mass is 32.2. The van der Waals surface area contributed by atoms with Crippen molar-refractivity contribution in [1.29, 1.82) is 0 Å². The number of anilines is 1. The van der Waals surface area contributed by atoms with Gasteiger partial charge in [-0.3, -0.25) is 28.9 Å². The van der Waals surface area contributed by atoms with Crippen LogP contribution in [0.5, 0.6) is 0 Å². The van der Waals surface area contributed by atoms with Gasteiger partial charge in [0.15, 0.2) is 10.8 Å². The van der Waals surface area contributed by atoms with Crippen LogP contribution < -0.4 is 22.1 Å². The Bertz CT molecular complexity index is 1100. The van der Waals surface area contributed by atoms with Gasteiger partial charge in [-0.2, -0.15) is 0 Å². The number of nitrogen functional groups attached to an aromatic ring is 1. The highest BCUT2D eigenvalue weighted by Crippen LogP contribution is 2.42. The summed E-state index contributed by atoms with van der Waals surface area (Å²) in [6, 6.07) is -0.982. The Morgan fingerprint density at radius 2 is 2.09 bits per heavy atom. The largest absolute Gasteiger partial charge is 0.410 e. The molecule has 3 atom stereocenters. The molecular weight excluding hydrogens is 494 g/mol. The number of carbonyl (C=O) groups excluding carboxylic acids is 5. The predicted octanol–water partition coefficient (Wildman–Crippen LogP) is -1.75. The Balaban J connectivity index is 1.75. The van der Waals surface area contributed by atoms with Crippen LogP contribution in [0.15, 0.2) is 21.8 Å². The second kappa shape index (κ2) is 9.80. The molecule has 2 aliphatic rings. The van der Waals surface area contributed by atoms with Crippen molar-refractivity contribution in [3.8, 4) is 0 Å². The average molecular weight is 514 g/mol. The molecule has 2 unspecified atom stereocenters. The lowest BCUT2D eigenvalue weighted by Crippen LogP contribution is -2.71. The Morgan fingerprint density at radius 1 is 1.39 bits per heavy atom. The molecule has 3 heterocycles. The minimum atomic E-state index is -1.14. The van der Waals surface area contributed by atoms with E-state index in [2.05, 4.69) is 33.4 Å². The summed E-state index contributed by atoms with van der Waals surface area (Å²) in [5.74, 6) is -3.59. The number of oxime groups is 1. The van der Waals surface area contributed by atoms with Crippen molar-refractivity contribution in [3.05, 3.63) is 22.3 Å². The van der Waals surface area contributed by atoms with E-state index in [1.807, 2.05) is 0 Å². The zero-order valence-corrected chi connectivity index (χ0v) is 19.5. The fourth-order valence-corrected chi connectivity index (χ4v) is 5.60. The van der Waals surface area contributed by atoms with Gasteiger partial charge < -0.3 is 27.3 Å². The Kier molecular flexibility index (Phi) is 7.28. The van der Waals surface area contributed by atoms with E-state index in [0.29, 0.717) is 11.3 Å². The molecule has 1 fully saturated rings. The minimum absolute atomic E-state index is 0.0161. The number of carbonyl (C=O) groups is 5. The number of thiazole rings is 1. The number of nitrogens with zero attached hydrogens (tertiary/aromatic N) is 3. The van der Waals surface area contributed by atoms with Crippen molar-refractivity contribution in [1.82, 2.24) is 20.5 Å². The lowest BCUT2D eigenvalue weighted by molar-refractivity contribution is -0.146. The van der Waals surface area contributed by atoms with E-state index in [0.717, 1.165) is 11.3 Å². The molecule has 0 radical (unpaired) electrons. The Hall–Kier alpha value is -3.11. The van der Waals surface area contributed by atoms with Crippen molar-refractivity contribution in [3.63, 3.8) is 0 Å². The second-order valence-corrected chi connectivity index (χ2v) is 9.44. The van der Waals surface area contributed by atoms with Crippen LogP contribution in [-0.2, 0) is 24.0 Å². The van der Waals surface area contributed by atoms with Gasteiger partial charge in [0.1, 0.15) is 17.1 Å². The van der Waals surface area contributed by atoms with E-state index >= 15 is 0 Å². The summed E-state index contributed by atoms with van der Waals surface area (Å²) >= 11 is 6.23. The zero-order chi connectivity index (χ0) is 24.4. The highest BCUT2D eigenvalue weighted by molar-refractivity contribution is 8.00. The first-order valence-corrected chi connectivity index (χ1v) is 11.7. The minimum Gasteiger partial charge on any atom is -0.410 e. The van der Waals surface area contributed by atoms with E-state index < -0.39 is 51.8 Å². The number of hydrogen-bond donors (Lipinski definition) is 6. The fourth-order valence-electron chi connectivity index (χ4n) is 3.29. The number of amides is 4. The van der Waals surface area contributed by atoms with Gasteiger partial charge in [-0.1, -0.05) is 24.7 Å². The molecule has 1 saturated heterocycles. The van der Waals surface area contributed by atoms with Gasteiger partial charge in [0.2, 0.25) is 5.12 Å². The molecule has 13 nitrogen and oxygen atoms in total. The summed E-state index contributed by atoms with van der Waals surface area (Å²) in [6.07, 6.45) is 0. The van der Waals surface area contributed by atoms with Gasteiger partial charge in [-0.25, -0.2) is 4.98 Å². The molecule has 4 amide bonds. The third kappa shape index (κ3) is 4.81. The Morgan fingerprint density at radius 3 is 2.64 bits per heavy atom. The number of primary amides is 1. The van der Waals surface area contributed by atoms with E-state index in [9.17, 15) is 29.2 Å². The number of thioether (sulfide) groups is 1. The molecule has 0 saturated carbocycles. The highest BCUT2D eigenvalue weighted by Gasteiger charge is 2.54. The van der Waals surface area contributed by atoms with E-state index in [4.69, 9.17) is 11.5 Å². The van der Waals surface area contributed by atoms with E-state index in [1.165, 1.54) is 22.0 Å². The van der Waals surface area contributed by atoms with Crippen molar-refractivity contribution in [2.24, 2.45) is 16.8 Å². The van der Waals surface area contributed by atoms with Crippen LogP contribution in [0.4, 0.5) is 5.13 Å². The summed E-state index contributed by atoms with van der Waals surface area (Å²) in [7, 11) is 0. The van der Waals surface area contributed by atoms with Crippen LogP contribution in [0, 0.1) is 5.92 Å². The maximum atomic E-state index is 12.8. The van der Waals surface area contributed by atoms with Crippen LogP contribution in [0.3, 0.4) is 0 Å². The van der Waals surface area contributed by atoms with Crippen molar-refractivity contribution in [2.45, 2.75) is 18.3 Å². The zero-order valence-electron chi connectivity index (χ0n) is 17.0. The maximum absolute atomic E-state index is 12.8. The van der Waals surface area contributed by atoms with Crippen LogP contribution in [-0.4, -0.2) is 73.3 Å². The molecule has 16 heteroatoms. The first-order chi connectivity index (χ1) is 15.6. The van der Waals surface area contributed by atoms with Crippen LogP contribution >= 0.6 is 35.7 Å². The number of hydrogen-bond acceptors (Lipinski definition) is 11. The lowest BCUT2D eigenvalue weighted by atomic mass is 9.96. The summed E-state index contributed by atoms with van der Waals surface area (Å²) in [5.41, 5.74) is 10.7. The number of rotatable bonds is 7. The number of fused-ring (bicyclic) bond motifs is 1. The number of aromatic nitrogens is 1. The summed E-state index contributed by atoms with van der Waals surface area (Å²) in [4.78, 5) is 65.1. The molecule has 0 spiro atoms. The first-order valence-electron chi connectivity index (χ1n) is 9.29. The third-order valence-corrected chi connectivity index (χ3v) is 7.14. The number of nitrogens with one attached hydrogen (secondary N) is 2. The predicted molar refractivity (Wildman–Crippen MR) is 122 cm³/mol. The van der Waals surface area contributed by atoms with Crippen molar-refractivity contribution >= 4 is 75.3 Å². The van der Waals surface area contributed by atoms with Gasteiger partial charge in [0.25, 0.3) is 11.8 Å². The Labute approximate surface area is 200 Å². The van der Waals surface area contributed by atoms with Crippen LogP contribution in [0.2, 0.25) is 0 Å². The number of thiol groups is 1. The molecule has 2 aliphatic heterocycles. The van der Waals surface area contributed by atoms with Gasteiger partial charge in [0.05, 0.1) is 5.70 Å². The fraction of sp³-hybridized carbons (Fsp3) is 0.353. The quantitative estimate of drug-likeness (QED) is 0.0609. The van der Waals surface area contributed by atoms with Crippen molar-refractivity contribution in [2.75, 3.05) is 18.0 Å². The van der Waals surface area contributed by atoms with Gasteiger partial charge in [0, 0.05) is 17.7 Å². The van der Waals surface area contributed by atoms with Gasteiger partial charge >= 0.3 is 11.8 Å². The molecule has 1 aromatic rings. The molecule has 176 valence electrons. The average Bonchev–Trinajstić information content (AvgIpc) is 3.20. The molecule has 3 rings (SSSR count). The molecule has 1 aromatic heterocycles. The SMILES string of the molecule is CC(CNC(=O)C(N)=O)C1=C(C(=O)S)N2C(=O)C(NC(=O)/C(=N\O)c3csc(N)n3)[C@H]2SC1.